The lowest BCUT2D eigenvalue weighted by Crippen LogP contribution is -1.97. The number of aromatic carboxylic acids is 1. The topological polar surface area (TPSA) is 59.4 Å². The normalized spacial score (nSPS) is 10.5. The molecular formula is C16H10ClNO3. The Morgan fingerprint density at radius 1 is 1.10 bits per heavy atom. The molecule has 1 N–H and O–H groups in total. The van der Waals surface area contributed by atoms with Gasteiger partial charge in [-0.15, -0.1) is 0 Å². The summed E-state index contributed by atoms with van der Waals surface area (Å²) in [5, 5.41) is 10.1. The van der Waals surface area contributed by atoms with Crippen LogP contribution in [-0.4, -0.2) is 16.1 Å². The molecule has 4 nitrogen and oxygen atoms in total. The lowest BCUT2D eigenvalue weighted by Gasteiger charge is -2.08. The number of pyridine rings is 1. The van der Waals surface area contributed by atoms with E-state index >= 15 is 0 Å². The Kier molecular flexibility index (Phi) is 3.46. The number of nitrogens with zero attached hydrogens (tertiary/aromatic N) is 1. The van der Waals surface area contributed by atoms with E-state index in [1.165, 1.54) is 12.1 Å². The molecule has 0 saturated carbocycles. The van der Waals surface area contributed by atoms with Crippen LogP contribution in [0.3, 0.4) is 0 Å². The van der Waals surface area contributed by atoms with Crippen molar-refractivity contribution in [1.29, 1.82) is 0 Å². The Hall–Kier alpha value is -2.59. The summed E-state index contributed by atoms with van der Waals surface area (Å²) in [6, 6.07) is 13.8. The molecule has 5 heteroatoms. The number of carbonyl (C=O) groups is 1. The van der Waals surface area contributed by atoms with Gasteiger partial charge < -0.3 is 9.84 Å². The van der Waals surface area contributed by atoms with Gasteiger partial charge in [-0.1, -0.05) is 17.7 Å². The molecule has 21 heavy (non-hydrogen) atoms. The number of aromatic nitrogens is 1. The molecule has 0 aliphatic carbocycles. The third-order valence-electron chi connectivity index (χ3n) is 2.98. The van der Waals surface area contributed by atoms with Crippen LogP contribution in [0, 0.1) is 0 Å². The van der Waals surface area contributed by atoms with Crippen LogP contribution < -0.4 is 4.74 Å². The molecule has 0 aliphatic rings. The number of fused-ring (bicyclic) bond motifs is 1. The summed E-state index contributed by atoms with van der Waals surface area (Å²) >= 11 is 5.91. The minimum Gasteiger partial charge on any atom is -0.478 e. The van der Waals surface area contributed by atoms with Crippen molar-refractivity contribution in [2.75, 3.05) is 0 Å². The largest absolute Gasteiger partial charge is 0.478 e. The molecule has 3 rings (SSSR count). The quantitative estimate of drug-likeness (QED) is 0.779. The summed E-state index contributed by atoms with van der Waals surface area (Å²) in [6.07, 6.45) is 1.71. The van der Waals surface area contributed by atoms with Crippen molar-refractivity contribution in [2.24, 2.45) is 0 Å². The molecule has 1 heterocycles. The third-order valence-corrected chi connectivity index (χ3v) is 3.30. The molecule has 0 atom stereocenters. The SMILES string of the molecule is O=C(O)c1ccc(Oc2ccc3cccnc3c2)cc1Cl. The lowest BCUT2D eigenvalue weighted by molar-refractivity contribution is 0.0697. The average Bonchev–Trinajstić information content (AvgIpc) is 2.47. The summed E-state index contributed by atoms with van der Waals surface area (Å²) in [4.78, 5) is 15.2. The van der Waals surface area contributed by atoms with Crippen LogP contribution in [0.25, 0.3) is 10.9 Å². The fourth-order valence-corrected chi connectivity index (χ4v) is 2.23. The maximum absolute atomic E-state index is 10.9. The summed E-state index contributed by atoms with van der Waals surface area (Å²) in [6.45, 7) is 0. The zero-order chi connectivity index (χ0) is 14.8. The highest BCUT2D eigenvalue weighted by atomic mass is 35.5. The molecule has 0 aliphatic heterocycles. The third kappa shape index (κ3) is 2.80. The van der Waals surface area contributed by atoms with Crippen LogP contribution in [0.4, 0.5) is 0 Å². The number of rotatable bonds is 3. The van der Waals surface area contributed by atoms with E-state index in [9.17, 15) is 4.79 Å². The van der Waals surface area contributed by atoms with Gasteiger partial charge in [0.1, 0.15) is 11.5 Å². The molecule has 0 fully saturated rings. The van der Waals surface area contributed by atoms with Crippen molar-refractivity contribution in [1.82, 2.24) is 4.98 Å². The smallest absolute Gasteiger partial charge is 0.337 e. The standard InChI is InChI=1S/C16H10ClNO3/c17-14-8-11(5-6-13(14)16(19)20)21-12-4-3-10-2-1-7-18-15(10)9-12/h1-9H,(H,19,20). The summed E-state index contributed by atoms with van der Waals surface area (Å²) in [7, 11) is 0. The minimum atomic E-state index is -1.07. The first-order chi connectivity index (χ1) is 10.1. The van der Waals surface area contributed by atoms with Crippen molar-refractivity contribution in [2.45, 2.75) is 0 Å². The number of carboxylic acid groups (broad SMARTS) is 1. The van der Waals surface area contributed by atoms with Gasteiger partial charge in [0.05, 0.1) is 16.1 Å². The van der Waals surface area contributed by atoms with Gasteiger partial charge in [-0.2, -0.15) is 0 Å². The number of hydrogen-bond donors (Lipinski definition) is 1. The van der Waals surface area contributed by atoms with Crippen molar-refractivity contribution in [3.63, 3.8) is 0 Å². The second kappa shape index (κ2) is 5.42. The van der Waals surface area contributed by atoms with Crippen molar-refractivity contribution < 1.29 is 14.6 Å². The van der Waals surface area contributed by atoms with Gasteiger partial charge in [-0.05, 0) is 30.3 Å². The highest BCUT2D eigenvalue weighted by Crippen LogP contribution is 2.28. The Bertz CT molecular complexity index is 833. The van der Waals surface area contributed by atoms with Crippen molar-refractivity contribution >= 4 is 28.5 Å². The van der Waals surface area contributed by atoms with Gasteiger partial charge in [0.15, 0.2) is 0 Å². The van der Waals surface area contributed by atoms with E-state index in [2.05, 4.69) is 4.98 Å². The van der Waals surface area contributed by atoms with Crippen LogP contribution in [0.5, 0.6) is 11.5 Å². The number of carboxylic acids is 1. The molecular weight excluding hydrogens is 290 g/mol. The molecule has 0 amide bonds. The fraction of sp³-hybridized carbons (Fsp3) is 0. The predicted octanol–water partition coefficient (Wildman–Crippen LogP) is 4.38. The molecule has 1 aromatic heterocycles. The van der Waals surface area contributed by atoms with Crippen LogP contribution in [0.1, 0.15) is 10.4 Å². The number of halogens is 1. The molecule has 104 valence electrons. The minimum absolute atomic E-state index is 0.0456. The fourth-order valence-electron chi connectivity index (χ4n) is 1.98. The van der Waals surface area contributed by atoms with Gasteiger partial charge >= 0.3 is 5.97 Å². The lowest BCUT2D eigenvalue weighted by atomic mass is 10.2. The van der Waals surface area contributed by atoms with E-state index in [1.54, 1.807) is 12.3 Å². The Morgan fingerprint density at radius 2 is 1.86 bits per heavy atom. The maximum atomic E-state index is 10.9. The van der Waals surface area contributed by atoms with E-state index in [0.717, 1.165) is 10.9 Å². The average molecular weight is 300 g/mol. The van der Waals surface area contributed by atoms with Gasteiger partial charge in [-0.3, -0.25) is 4.98 Å². The van der Waals surface area contributed by atoms with Gasteiger partial charge in [0, 0.05) is 23.7 Å². The predicted molar refractivity (Wildman–Crippen MR) is 80.2 cm³/mol. The number of benzene rings is 2. The molecule has 0 saturated heterocycles. The summed E-state index contributed by atoms with van der Waals surface area (Å²) in [5.74, 6) is 0.0158. The Morgan fingerprint density at radius 3 is 2.62 bits per heavy atom. The molecule has 2 aromatic carbocycles. The van der Waals surface area contributed by atoms with E-state index in [0.29, 0.717) is 11.5 Å². The number of ether oxygens (including phenoxy) is 1. The van der Waals surface area contributed by atoms with Crippen molar-refractivity contribution in [3.8, 4) is 11.5 Å². The first-order valence-corrected chi connectivity index (χ1v) is 6.57. The Balaban J connectivity index is 1.91. The van der Waals surface area contributed by atoms with E-state index < -0.39 is 5.97 Å². The van der Waals surface area contributed by atoms with E-state index in [1.807, 2.05) is 30.3 Å². The monoisotopic (exact) mass is 299 g/mol. The van der Waals surface area contributed by atoms with Crippen LogP contribution >= 0.6 is 11.6 Å². The first kappa shape index (κ1) is 13.4. The highest BCUT2D eigenvalue weighted by Gasteiger charge is 2.10. The molecule has 0 bridgehead atoms. The van der Waals surface area contributed by atoms with E-state index in [4.69, 9.17) is 21.4 Å². The summed E-state index contributed by atoms with van der Waals surface area (Å²) in [5.41, 5.74) is 0.868. The Labute approximate surface area is 125 Å². The van der Waals surface area contributed by atoms with Gasteiger partial charge in [0.2, 0.25) is 0 Å². The molecule has 0 spiro atoms. The maximum Gasteiger partial charge on any atom is 0.337 e. The summed E-state index contributed by atoms with van der Waals surface area (Å²) < 4.78 is 5.68. The van der Waals surface area contributed by atoms with E-state index in [-0.39, 0.29) is 10.6 Å². The molecule has 0 unspecified atom stereocenters. The highest BCUT2D eigenvalue weighted by molar-refractivity contribution is 6.33. The van der Waals surface area contributed by atoms with Gasteiger partial charge in [0.25, 0.3) is 0 Å². The second-order valence-electron chi connectivity index (χ2n) is 4.41. The van der Waals surface area contributed by atoms with Crippen LogP contribution in [0.2, 0.25) is 5.02 Å². The number of hydrogen-bond acceptors (Lipinski definition) is 3. The zero-order valence-corrected chi connectivity index (χ0v) is 11.5. The van der Waals surface area contributed by atoms with Crippen LogP contribution in [-0.2, 0) is 0 Å². The first-order valence-electron chi connectivity index (χ1n) is 6.19. The van der Waals surface area contributed by atoms with Gasteiger partial charge in [-0.25, -0.2) is 4.79 Å². The second-order valence-corrected chi connectivity index (χ2v) is 4.81. The van der Waals surface area contributed by atoms with Crippen molar-refractivity contribution in [3.05, 3.63) is 65.3 Å². The molecule has 3 aromatic rings. The molecule has 0 radical (unpaired) electrons. The van der Waals surface area contributed by atoms with Crippen LogP contribution in [0.15, 0.2) is 54.7 Å². The zero-order valence-electron chi connectivity index (χ0n) is 10.8.